The summed E-state index contributed by atoms with van der Waals surface area (Å²) in [6.45, 7) is 3.31. The SMILES string of the molecule is CNC(=O)NC.CNC(=S)NC.CNC(C)=O.CNC(C)=S. The van der Waals surface area contributed by atoms with E-state index in [4.69, 9.17) is 0 Å². The number of rotatable bonds is 0. The van der Waals surface area contributed by atoms with Crippen LogP contribution in [0.2, 0.25) is 0 Å². The normalized spacial score (nSPS) is 6.91. The topological polar surface area (TPSA) is 106 Å². The average Bonchev–Trinajstić information content (AvgIpc) is 2.54. The average molecular weight is 355 g/mol. The van der Waals surface area contributed by atoms with Crippen molar-refractivity contribution < 1.29 is 9.59 Å². The molecule has 0 aliphatic carbocycles. The molecular formula is C12H30N6O2S2. The molecule has 0 saturated heterocycles. The van der Waals surface area contributed by atoms with E-state index in [2.05, 4.69) is 56.3 Å². The Morgan fingerprint density at radius 3 is 0.909 bits per heavy atom. The summed E-state index contributed by atoms with van der Waals surface area (Å²) in [6, 6.07) is -0.157. The Kier molecular flexibility index (Phi) is 31.5. The number of hydrogen-bond donors (Lipinski definition) is 6. The highest BCUT2D eigenvalue weighted by molar-refractivity contribution is 7.80. The summed E-state index contributed by atoms with van der Waals surface area (Å²) < 4.78 is 0. The molecule has 0 aromatic heterocycles. The van der Waals surface area contributed by atoms with Crippen LogP contribution in [0.3, 0.4) is 0 Å². The van der Waals surface area contributed by atoms with Crippen molar-refractivity contribution in [3.8, 4) is 0 Å². The molecule has 0 aromatic carbocycles. The van der Waals surface area contributed by atoms with Crippen molar-refractivity contribution in [1.82, 2.24) is 31.9 Å². The summed E-state index contributed by atoms with van der Waals surface area (Å²) in [5.74, 6) is 0.00463. The molecule has 0 unspecified atom stereocenters. The number of nitrogens with one attached hydrogen (secondary N) is 6. The zero-order valence-electron chi connectivity index (χ0n) is 14.6. The molecule has 0 aromatic rings. The maximum atomic E-state index is 9.96. The number of urea groups is 1. The molecule has 0 saturated carbocycles. The van der Waals surface area contributed by atoms with E-state index in [1.807, 2.05) is 14.0 Å². The molecule has 3 amide bonds. The Bertz CT molecular complexity index is 272. The molecule has 0 rings (SSSR count). The Morgan fingerprint density at radius 1 is 0.636 bits per heavy atom. The van der Waals surface area contributed by atoms with E-state index < -0.39 is 0 Å². The molecule has 0 atom stereocenters. The van der Waals surface area contributed by atoms with Crippen LogP contribution < -0.4 is 31.9 Å². The maximum Gasteiger partial charge on any atom is 0.314 e. The van der Waals surface area contributed by atoms with Gasteiger partial charge in [0.15, 0.2) is 5.11 Å². The molecule has 0 bridgehead atoms. The Labute approximate surface area is 144 Å². The van der Waals surface area contributed by atoms with Gasteiger partial charge in [0.2, 0.25) is 5.91 Å². The first-order valence-corrected chi connectivity index (χ1v) is 7.13. The van der Waals surface area contributed by atoms with Gasteiger partial charge in [0.1, 0.15) is 0 Å². The molecule has 0 heterocycles. The van der Waals surface area contributed by atoms with Gasteiger partial charge in [-0.2, -0.15) is 0 Å². The van der Waals surface area contributed by atoms with Gasteiger partial charge in [0.25, 0.3) is 0 Å². The van der Waals surface area contributed by atoms with E-state index >= 15 is 0 Å². The summed E-state index contributed by atoms with van der Waals surface area (Å²) in [5, 5.41) is 16.0. The van der Waals surface area contributed by atoms with E-state index in [9.17, 15) is 9.59 Å². The predicted octanol–water partition coefficient (Wildman–Crippen LogP) is -0.439. The second-order valence-corrected chi connectivity index (χ2v) is 4.29. The smallest absolute Gasteiger partial charge is 0.314 e. The van der Waals surface area contributed by atoms with Crippen molar-refractivity contribution in [2.75, 3.05) is 42.3 Å². The summed E-state index contributed by atoms with van der Waals surface area (Å²) in [4.78, 5) is 20.5. The first kappa shape index (κ1) is 28.5. The number of hydrogen-bond acceptors (Lipinski definition) is 4. The number of carbonyl (C=O) groups excluding carboxylic acids is 2. The third kappa shape index (κ3) is 51.6. The minimum atomic E-state index is -0.157. The number of thiocarbonyl (C=S) groups is 2. The van der Waals surface area contributed by atoms with Crippen LogP contribution in [-0.4, -0.2) is 64.3 Å². The number of amides is 3. The summed E-state index contributed by atoms with van der Waals surface area (Å²) in [5.41, 5.74) is 0. The quantitative estimate of drug-likeness (QED) is 0.328. The first-order valence-electron chi connectivity index (χ1n) is 6.32. The monoisotopic (exact) mass is 354 g/mol. The van der Waals surface area contributed by atoms with Crippen LogP contribution in [-0.2, 0) is 4.79 Å². The zero-order chi connectivity index (χ0) is 18.6. The van der Waals surface area contributed by atoms with Crippen LogP contribution in [0.25, 0.3) is 0 Å². The van der Waals surface area contributed by atoms with Gasteiger partial charge in [-0.25, -0.2) is 4.79 Å². The van der Waals surface area contributed by atoms with Crippen molar-refractivity contribution >= 4 is 46.5 Å². The van der Waals surface area contributed by atoms with Gasteiger partial charge >= 0.3 is 6.03 Å². The Balaban J connectivity index is -0.0000000986. The lowest BCUT2D eigenvalue weighted by Crippen LogP contribution is -2.28. The zero-order valence-corrected chi connectivity index (χ0v) is 16.3. The lowest BCUT2D eigenvalue weighted by atomic mass is 10.7. The van der Waals surface area contributed by atoms with E-state index in [-0.39, 0.29) is 11.9 Å². The lowest BCUT2D eigenvalue weighted by Gasteiger charge is -1.95. The molecule has 10 heteroatoms. The summed E-state index contributed by atoms with van der Waals surface area (Å²) in [7, 11) is 10.1. The highest BCUT2D eigenvalue weighted by Gasteiger charge is 1.81. The minimum Gasteiger partial charge on any atom is -0.383 e. The Morgan fingerprint density at radius 2 is 0.909 bits per heavy atom. The second-order valence-electron chi connectivity index (χ2n) is 3.27. The van der Waals surface area contributed by atoms with E-state index in [0.29, 0.717) is 5.11 Å². The van der Waals surface area contributed by atoms with Gasteiger partial charge in [-0.3, -0.25) is 4.79 Å². The second kappa shape index (κ2) is 24.3. The van der Waals surface area contributed by atoms with Gasteiger partial charge in [-0.05, 0) is 19.1 Å². The van der Waals surface area contributed by atoms with Crippen LogP contribution in [0.15, 0.2) is 0 Å². The van der Waals surface area contributed by atoms with Crippen molar-refractivity contribution in [3.63, 3.8) is 0 Å². The van der Waals surface area contributed by atoms with E-state index in [0.717, 1.165) is 4.99 Å². The number of carbonyl (C=O) groups is 2. The third-order valence-corrected chi connectivity index (χ3v) is 2.22. The van der Waals surface area contributed by atoms with Gasteiger partial charge in [-0.1, -0.05) is 12.2 Å². The van der Waals surface area contributed by atoms with Gasteiger partial charge in [0, 0.05) is 49.2 Å². The van der Waals surface area contributed by atoms with E-state index in [1.165, 1.54) is 6.92 Å². The highest BCUT2D eigenvalue weighted by Crippen LogP contribution is 1.56. The molecule has 0 aliphatic heterocycles. The van der Waals surface area contributed by atoms with Gasteiger partial charge in [0.05, 0.1) is 4.99 Å². The van der Waals surface area contributed by atoms with Crippen molar-refractivity contribution in [3.05, 3.63) is 0 Å². The predicted molar refractivity (Wildman–Crippen MR) is 101 cm³/mol. The highest BCUT2D eigenvalue weighted by atomic mass is 32.1. The molecule has 22 heavy (non-hydrogen) atoms. The fourth-order valence-electron chi connectivity index (χ4n) is 0.250. The van der Waals surface area contributed by atoms with E-state index in [1.54, 1.807) is 35.2 Å². The van der Waals surface area contributed by atoms with Crippen molar-refractivity contribution in [1.29, 1.82) is 0 Å². The third-order valence-electron chi connectivity index (χ3n) is 1.61. The molecule has 0 spiro atoms. The first-order chi connectivity index (χ1) is 10.2. The lowest BCUT2D eigenvalue weighted by molar-refractivity contribution is -0.118. The van der Waals surface area contributed by atoms with Crippen molar-refractivity contribution in [2.45, 2.75) is 13.8 Å². The molecule has 0 aliphatic rings. The fourth-order valence-corrected chi connectivity index (χ4v) is 0.250. The molecule has 0 radical (unpaired) electrons. The van der Waals surface area contributed by atoms with Crippen LogP contribution in [0.1, 0.15) is 13.8 Å². The molecule has 0 fully saturated rings. The molecular weight excluding hydrogens is 324 g/mol. The van der Waals surface area contributed by atoms with Gasteiger partial charge < -0.3 is 31.9 Å². The fraction of sp³-hybridized carbons (Fsp3) is 0.667. The molecule has 8 nitrogen and oxygen atoms in total. The largest absolute Gasteiger partial charge is 0.383 e. The standard InChI is InChI=1S/C3H8N2O.C3H8N2S.C3H7NO.C3H7NS/c2*1-4-3(6)5-2;2*1-3(5)4-2/h2*1-2H3,(H2,4,5,6);2*1-2H3,(H,4,5). The van der Waals surface area contributed by atoms with Crippen LogP contribution in [0, 0.1) is 0 Å². The van der Waals surface area contributed by atoms with Crippen LogP contribution in [0.5, 0.6) is 0 Å². The molecule has 6 N–H and O–H groups in total. The summed E-state index contributed by atoms with van der Waals surface area (Å²) >= 11 is 9.22. The van der Waals surface area contributed by atoms with Crippen LogP contribution in [0.4, 0.5) is 4.79 Å². The van der Waals surface area contributed by atoms with Gasteiger partial charge in [-0.15, -0.1) is 0 Å². The minimum absolute atomic E-state index is 0.00463. The maximum absolute atomic E-state index is 9.96. The summed E-state index contributed by atoms with van der Waals surface area (Å²) in [6.07, 6.45) is 0. The molecule has 132 valence electrons. The van der Waals surface area contributed by atoms with Crippen molar-refractivity contribution in [2.24, 2.45) is 0 Å². The Hall–Kier alpha value is -1.68. The van der Waals surface area contributed by atoms with Crippen LogP contribution >= 0.6 is 24.4 Å².